The lowest BCUT2D eigenvalue weighted by Gasteiger charge is -2.16. The van der Waals surface area contributed by atoms with E-state index in [9.17, 15) is 13.2 Å². The van der Waals surface area contributed by atoms with Crippen LogP contribution in [0.3, 0.4) is 0 Å². The van der Waals surface area contributed by atoms with Gasteiger partial charge in [0.05, 0.1) is 24.5 Å². The van der Waals surface area contributed by atoms with Gasteiger partial charge >= 0.3 is 0 Å². The molecule has 0 saturated heterocycles. The molecular weight excluding hydrogens is 440 g/mol. The van der Waals surface area contributed by atoms with Crippen molar-refractivity contribution in [3.8, 4) is 5.75 Å². The average molecular weight is 465 g/mol. The van der Waals surface area contributed by atoms with Crippen molar-refractivity contribution in [3.05, 3.63) is 77.5 Å². The zero-order valence-electron chi connectivity index (χ0n) is 18.7. The molecule has 4 aromatic rings. The van der Waals surface area contributed by atoms with Crippen molar-refractivity contribution in [1.82, 2.24) is 9.78 Å². The van der Waals surface area contributed by atoms with E-state index in [4.69, 9.17) is 4.74 Å². The normalized spacial score (nSPS) is 11.4. The van der Waals surface area contributed by atoms with Crippen LogP contribution in [0.2, 0.25) is 0 Å². The molecular formula is C24H24N4O4S. The third kappa shape index (κ3) is 4.40. The van der Waals surface area contributed by atoms with Crippen molar-refractivity contribution in [1.29, 1.82) is 0 Å². The Labute approximate surface area is 192 Å². The van der Waals surface area contributed by atoms with E-state index in [1.54, 1.807) is 36.1 Å². The van der Waals surface area contributed by atoms with Gasteiger partial charge in [-0.05, 0) is 55.3 Å². The zero-order chi connectivity index (χ0) is 23.8. The number of rotatable bonds is 6. The first-order valence-electron chi connectivity index (χ1n) is 10.2. The van der Waals surface area contributed by atoms with Crippen molar-refractivity contribution in [3.63, 3.8) is 0 Å². The number of aryl methyl sites for hydroxylation is 3. The van der Waals surface area contributed by atoms with Crippen molar-refractivity contribution in [2.24, 2.45) is 7.05 Å². The lowest BCUT2D eigenvalue weighted by atomic mass is 10.1. The van der Waals surface area contributed by atoms with Crippen LogP contribution in [0, 0.1) is 13.8 Å². The van der Waals surface area contributed by atoms with Gasteiger partial charge < -0.3 is 10.1 Å². The molecule has 0 unspecified atom stereocenters. The molecule has 3 aromatic carbocycles. The molecule has 0 saturated carbocycles. The summed E-state index contributed by atoms with van der Waals surface area (Å²) in [5, 5.41) is 7.87. The maximum Gasteiger partial charge on any atom is 0.265 e. The number of nitrogens with zero attached hydrogens (tertiary/aromatic N) is 2. The summed E-state index contributed by atoms with van der Waals surface area (Å²) in [5.41, 5.74) is 3.69. The third-order valence-corrected chi connectivity index (χ3v) is 6.81. The topological polar surface area (TPSA) is 102 Å². The Hall–Kier alpha value is -3.85. The van der Waals surface area contributed by atoms with E-state index in [2.05, 4.69) is 15.1 Å². The van der Waals surface area contributed by atoms with Crippen molar-refractivity contribution in [2.45, 2.75) is 18.7 Å². The minimum atomic E-state index is -3.99. The van der Waals surface area contributed by atoms with Crippen LogP contribution in [0.25, 0.3) is 10.9 Å². The van der Waals surface area contributed by atoms with E-state index < -0.39 is 10.0 Å². The van der Waals surface area contributed by atoms with E-state index in [0.717, 1.165) is 22.0 Å². The van der Waals surface area contributed by atoms with Crippen molar-refractivity contribution >= 4 is 38.2 Å². The maximum atomic E-state index is 13.2. The molecule has 0 atom stereocenters. The summed E-state index contributed by atoms with van der Waals surface area (Å²) >= 11 is 0. The molecule has 1 amide bonds. The molecule has 4 rings (SSSR count). The van der Waals surface area contributed by atoms with Crippen LogP contribution in [0.15, 0.2) is 65.7 Å². The monoisotopic (exact) mass is 464 g/mol. The second-order valence-electron chi connectivity index (χ2n) is 7.73. The predicted molar refractivity (Wildman–Crippen MR) is 128 cm³/mol. The highest BCUT2D eigenvalue weighted by Gasteiger charge is 2.22. The zero-order valence-corrected chi connectivity index (χ0v) is 19.5. The number of carbonyl (C=O) groups is 1. The van der Waals surface area contributed by atoms with Gasteiger partial charge in [0.1, 0.15) is 10.6 Å². The van der Waals surface area contributed by atoms with Gasteiger partial charge in [0, 0.05) is 23.7 Å². The van der Waals surface area contributed by atoms with E-state index >= 15 is 0 Å². The average Bonchev–Trinajstić information content (AvgIpc) is 3.16. The van der Waals surface area contributed by atoms with Crippen LogP contribution in [-0.4, -0.2) is 31.2 Å². The van der Waals surface area contributed by atoms with Gasteiger partial charge in [0.2, 0.25) is 0 Å². The summed E-state index contributed by atoms with van der Waals surface area (Å²) < 4.78 is 36.1. The lowest BCUT2D eigenvalue weighted by molar-refractivity contribution is 0.102. The van der Waals surface area contributed by atoms with Gasteiger partial charge in [-0.3, -0.25) is 14.2 Å². The van der Waals surface area contributed by atoms with Crippen LogP contribution in [-0.2, 0) is 17.1 Å². The molecule has 0 aliphatic carbocycles. The summed E-state index contributed by atoms with van der Waals surface area (Å²) in [4.78, 5) is 12.8. The fourth-order valence-electron chi connectivity index (χ4n) is 3.62. The predicted octanol–water partition coefficient (Wildman–Crippen LogP) is 4.25. The summed E-state index contributed by atoms with van der Waals surface area (Å²) in [6.45, 7) is 3.66. The number of hydrogen-bond donors (Lipinski definition) is 2. The highest BCUT2D eigenvalue weighted by atomic mass is 32.2. The van der Waals surface area contributed by atoms with Gasteiger partial charge in [-0.25, -0.2) is 8.42 Å². The highest BCUT2D eigenvalue weighted by Crippen LogP contribution is 2.31. The Morgan fingerprint density at radius 3 is 2.45 bits per heavy atom. The summed E-state index contributed by atoms with van der Waals surface area (Å²) in [7, 11) is -0.792. The number of sulfonamides is 1. The number of methoxy groups -OCH3 is 1. The van der Waals surface area contributed by atoms with E-state index in [0.29, 0.717) is 16.9 Å². The fraction of sp³-hybridized carbons (Fsp3) is 0.167. The van der Waals surface area contributed by atoms with Gasteiger partial charge in [-0.1, -0.05) is 24.3 Å². The Morgan fingerprint density at radius 1 is 1.03 bits per heavy atom. The van der Waals surface area contributed by atoms with Crippen LogP contribution < -0.4 is 14.8 Å². The number of carbonyl (C=O) groups excluding carboxylic acids is 1. The third-order valence-electron chi connectivity index (χ3n) is 5.44. The molecule has 33 heavy (non-hydrogen) atoms. The molecule has 8 nitrogen and oxygen atoms in total. The molecule has 0 radical (unpaired) electrons. The second kappa shape index (κ2) is 8.59. The number of anilines is 2. The first-order chi connectivity index (χ1) is 15.7. The second-order valence-corrected chi connectivity index (χ2v) is 9.38. The molecule has 2 N–H and O–H groups in total. The molecule has 0 aliphatic rings. The van der Waals surface area contributed by atoms with Crippen LogP contribution >= 0.6 is 0 Å². The largest absolute Gasteiger partial charge is 0.495 e. The first kappa shape index (κ1) is 22.3. The number of nitrogens with one attached hydrogen (secondary N) is 2. The Bertz CT molecular complexity index is 1460. The summed E-state index contributed by atoms with van der Waals surface area (Å²) in [6.07, 6.45) is 1.72. The minimum Gasteiger partial charge on any atom is -0.495 e. The maximum absolute atomic E-state index is 13.2. The molecule has 0 spiro atoms. The molecule has 9 heteroatoms. The standard InChI is InChI=1S/C24H24N4O4S/c1-15-6-5-7-16(2)23(15)27-33(30,31)22-13-19(10-11-21(22)32-4)26-24(29)17-8-9-18-14-25-28(3)20(18)12-17/h5-14,27H,1-4H3,(H,26,29). The number of fused-ring (bicyclic) bond motifs is 1. The van der Waals surface area contributed by atoms with Crippen molar-refractivity contribution < 1.29 is 17.9 Å². The number of para-hydroxylation sites is 1. The minimum absolute atomic E-state index is 0.0764. The van der Waals surface area contributed by atoms with Crippen LogP contribution in [0.4, 0.5) is 11.4 Å². The Kier molecular flexibility index (Phi) is 5.82. The lowest BCUT2D eigenvalue weighted by Crippen LogP contribution is -2.17. The number of amides is 1. The molecule has 1 heterocycles. The van der Waals surface area contributed by atoms with Gasteiger partial charge in [0.25, 0.3) is 15.9 Å². The molecule has 1 aromatic heterocycles. The van der Waals surface area contributed by atoms with Gasteiger partial charge in [0.15, 0.2) is 0 Å². The Morgan fingerprint density at radius 2 is 1.76 bits per heavy atom. The smallest absolute Gasteiger partial charge is 0.265 e. The van der Waals surface area contributed by atoms with Gasteiger partial charge in [-0.15, -0.1) is 0 Å². The summed E-state index contributed by atoms with van der Waals surface area (Å²) in [5.74, 6) is -0.197. The molecule has 0 aliphatic heterocycles. The van der Waals surface area contributed by atoms with E-state index in [-0.39, 0.29) is 16.6 Å². The van der Waals surface area contributed by atoms with Crippen LogP contribution in [0.5, 0.6) is 5.75 Å². The molecule has 0 fully saturated rings. The van der Waals surface area contributed by atoms with Crippen molar-refractivity contribution in [2.75, 3.05) is 17.1 Å². The van der Waals surface area contributed by atoms with E-state index in [1.165, 1.54) is 19.2 Å². The molecule has 170 valence electrons. The number of hydrogen-bond acceptors (Lipinski definition) is 5. The summed E-state index contributed by atoms with van der Waals surface area (Å²) in [6, 6.07) is 15.3. The number of ether oxygens (including phenoxy) is 1. The number of aromatic nitrogens is 2. The van der Waals surface area contributed by atoms with Crippen LogP contribution in [0.1, 0.15) is 21.5 Å². The highest BCUT2D eigenvalue weighted by molar-refractivity contribution is 7.92. The van der Waals surface area contributed by atoms with E-state index in [1.807, 2.05) is 38.1 Å². The fourth-order valence-corrected chi connectivity index (χ4v) is 5.02. The van der Waals surface area contributed by atoms with Gasteiger partial charge in [-0.2, -0.15) is 5.10 Å². The number of benzene rings is 3. The first-order valence-corrected chi connectivity index (χ1v) is 11.7. The molecule has 0 bridgehead atoms. The quantitative estimate of drug-likeness (QED) is 0.444. The SMILES string of the molecule is COc1ccc(NC(=O)c2ccc3cnn(C)c3c2)cc1S(=O)(=O)Nc1c(C)cccc1C. The Balaban J connectivity index is 1.66.